The zero-order valence-electron chi connectivity index (χ0n) is 11.9. The van der Waals surface area contributed by atoms with Crippen molar-refractivity contribution in [3.05, 3.63) is 11.6 Å². The van der Waals surface area contributed by atoms with Crippen molar-refractivity contribution in [1.29, 1.82) is 0 Å². The average Bonchev–Trinajstić information content (AvgIpc) is 2.79. The van der Waals surface area contributed by atoms with E-state index in [-0.39, 0.29) is 6.04 Å². The highest BCUT2D eigenvalue weighted by Gasteiger charge is 2.26. The summed E-state index contributed by atoms with van der Waals surface area (Å²) < 4.78 is 2.32. The second kappa shape index (κ2) is 5.83. The summed E-state index contributed by atoms with van der Waals surface area (Å²) in [7, 11) is 0. The normalized spacial score (nSPS) is 20.9. The molecule has 0 radical (unpaired) electrons. The highest BCUT2D eigenvalue weighted by atomic mass is 15.3. The van der Waals surface area contributed by atoms with Crippen molar-refractivity contribution in [2.45, 2.75) is 71.4 Å². The highest BCUT2D eigenvalue weighted by molar-refractivity contribution is 5.03. The van der Waals surface area contributed by atoms with Crippen LogP contribution in [0.25, 0.3) is 0 Å². The first kappa shape index (κ1) is 13.5. The molecule has 1 aliphatic rings. The lowest BCUT2D eigenvalue weighted by Crippen LogP contribution is -2.26. The zero-order valence-corrected chi connectivity index (χ0v) is 11.9. The van der Waals surface area contributed by atoms with E-state index < -0.39 is 0 Å². The molecule has 4 heteroatoms. The molecule has 2 N–H and O–H groups in total. The van der Waals surface area contributed by atoms with Crippen molar-refractivity contribution in [2.75, 3.05) is 0 Å². The van der Waals surface area contributed by atoms with Crippen LogP contribution in [-0.2, 0) is 0 Å². The molecule has 0 unspecified atom stereocenters. The predicted molar refractivity (Wildman–Crippen MR) is 73.3 cm³/mol. The van der Waals surface area contributed by atoms with Crippen LogP contribution in [0.15, 0.2) is 0 Å². The molecule has 2 atom stereocenters. The Morgan fingerprint density at radius 2 is 1.94 bits per heavy atom. The molecule has 1 aromatic rings. The van der Waals surface area contributed by atoms with Gasteiger partial charge in [-0.05, 0) is 25.7 Å². The van der Waals surface area contributed by atoms with E-state index in [0.717, 1.165) is 18.1 Å². The van der Waals surface area contributed by atoms with E-state index in [9.17, 15) is 0 Å². The lowest BCUT2D eigenvalue weighted by atomic mass is 9.94. The first-order valence-electron chi connectivity index (χ1n) is 7.32. The molecule has 0 aromatic carbocycles. The molecule has 0 amide bonds. The van der Waals surface area contributed by atoms with Gasteiger partial charge in [0.25, 0.3) is 0 Å². The predicted octanol–water partition coefficient (Wildman–Crippen LogP) is 3.14. The first-order valence-corrected chi connectivity index (χ1v) is 7.32. The van der Waals surface area contributed by atoms with E-state index in [1.165, 1.54) is 32.1 Å². The van der Waals surface area contributed by atoms with E-state index in [1.54, 1.807) is 0 Å². The quantitative estimate of drug-likeness (QED) is 0.893. The summed E-state index contributed by atoms with van der Waals surface area (Å²) in [6, 6.07) is 0.581. The number of rotatable bonds is 4. The van der Waals surface area contributed by atoms with Crippen LogP contribution in [0.3, 0.4) is 0 Å². The van der Waals surface area contributed by atoms with Crippen LogP contribution < -0.4 is 5.73 Å². The standard InChI is InChI=1S/C14H26N4/c1-4-10(2)13(15)14-17-16-11(3)18(14)12-8-6-5-7-9-12/h10,12-13H,4-9,15H2,1-3H3/t10-,13-/m0/s1. The van der Waals surface area contributed by atoms with E-state index in [4.69, 9.17) is 5.73 Å². The van der Waals surface area contributed by atoms with Gasteiger partial charge in [0.05, 0.1) is 6.04 Å². The van der Waals surface area contributed by atoms with Crippen LogP contribution in [0.5, 0.6) is 0 Å². The molecule has 102 valence electrons. The summed E-state index contributed by atoms with van der Waals surface area (Å²) in [4.78, 5) is 0. The molecule has 18 heavy (non-hydrogen) atoms. The molecule has 2 rings (SSSR count). The van der Waals surface area contributed by atoms with Crippen molar-refractivity contribution in [3.63, 3.8) is 0 Å². The molecule has 1 fully saturated rings. The Kier molecular flexibility index (Phi) is 4.38. The fraction of sp³-hybridized carbons (Fsp3) is 0.857. The van der Waals surface area contributed by atoms with Crippen LogP contribution in [0, 0.1) is 12.8 Å². The number of aryl methyl sites for hydroxylation is 1. The lowest BCUT2D eigenvalue weighted by molar-refractivity contribution is 0.323. The van der Waals surface area contributed by atoms with E-state index in [2.05, 4.69) is 35.5 Å². The minimum absolute atomic E-state index is 0.0122. The molecule has 1 aromatic heterocycles. The monoisotopic (exact) mass is 250 g/mol. The molecule has 1 heterocycles. The SMILES string of the molecule is CC[C@H](C)[C@H](N)c1nnc(C)n1C1CCCCC1. The van der Waals surface area contributed by atoms with Crippen molar-refractivity contribution in [2.24, 2.45) is 11.7 Å². The maximum atomic E-state index is 6.35. The molecule has 0 saturated heterocycles. The second-order valence-corrected chi connectivity index (χ2v) is 5.68. The minimum atomic E-state index is 0.0122. The van der Waals surface area contributed by atoms with Crippen LogP contribution in [0.4, 0.5) is 0 Å². The summed E-state index contributed by atoms with van der Waals surface area (Å²) in [5, 5.41) is 8.61. The summed E-state index contributed by atoms with van der Waals surface area (Å²) in [5.41, 5.74) is 6.35. The summed E-state index contributed by atoms with van der Waals surface area (Å²) >= 11 is 0. The maximum absolute atomic E-state index is 6.35. The second-order valence-electron chi connectivity index (χ2n) is 5.68. The molecule has 0 aliphatic heterocycles. The Balaban J connectivity index is 2.25. The van der Waals surface area contributed by atoms with E-state index in [1.807, 2.05) is 0 Å². The van der Waals surface area contributed by atoms with Crippen molar-refractivity contribution >= 4 is 0 Å². The Morgan fingerprint density at radius 3 is 2.56 bits per heavy atom. The van der Waals surface area contributed by atoms with Crippen LogP contribution in [0.2, 0.25) is 0 Å². The van der Waals surface area contributed by atoms with Crippen molar-refractivity contribution in [3.8, 4) is 0 Å². The van der Waals surface area contributed by atoms with Gasteiger partial charge in [-0.15, -0.1) is 10.2 Å². The third-order valence-electron chi connectivity index (χ3n) is 4.39. The Bertz CT molecular complexity index is 379. The number of nitrogens with zero attached hydrogens (tertiary/aromatic N) is 3. The summed E-state index contributed by atoms with van der Waals surface area (Å²) in [6.07, 6.45) is 7.58. The zero-order chi connectivity index (χ0) is 13.1. The lowest BCUT2D eigenvalue weighted by Gasteiger charge is -2.27. The summed E-state index contributed by atoms with van der Waals surface area (Å²) in [6.45, 7) is 6.42. The molecular formula is C14H26N4. The molecule has 0 bridgehead atoms. The number of hydrogen-bond donors (Lipinski definition) is 1. The molecule has 4 nitrogen and oxygen atoms in total. The van der Waals surface area contributed by atoms with Gasteiger partial charge in [0.1, 0.15) is 5.82 Å². The van der Waals surface area contributed by atoms with Gasteiger partial charge in [-0.2, -0.15) is 0 Å². The topological polar surface area (TPSA) is 56.7 Å². The van der Waals surface area contributed by atoms with Gasteiger partial charge in [-0.25, -0.2) is 0 Å². The minimum Gasteiger partial charge on any atom is -0.321 e. The maximum Gasteiger partial charge on any atom is 0.150 e. The number of hydrogen-bond acceptors (Lipinski definition) is 3. The number of nitrogens with two attached hydrogens (primary N) is 1. The van der Waals surface area contributed by atoms with Crippen molar-refractivity contribution < 1.29 is 0 Å². The van der Waals surface area contributed by atoms with Crippen LogP contribution in [0.1, 0.15) is 76.1 Å². The van der Waals surface area contributed by atoms with Gasteiger partial charge in [0.15, 0.2) is 5.82 Å². The highest BCUT2D eigenvalue weighted by Crippen LogP contribution is 2.32. The van der Waals surface area contributed by atoms with Gasteiger partial charge in [0.2, 0.25) is 0 Å². The fourth-order valence-corrected chi connectivity index (χ4v) is 2.91. The smallest absolute Gasteiger partial charge is 0.150 e. The van der Waals surface area contributed by atoms with Gasteiger partial charge < -0.3 is 10.3 Å². The van der Waals surface area contributed by atoms with E-state index in [0.29, 0.717) is 12.0 Å². The van der Waals surface area contributed by atoms with Crippen LogP contribution >= 0.6 is 0 Å². The van der Waals surface area contributed by atoms with Crippen LogP contribution in [-0.4, -0.2) is 14.8 Å². The van der Waals surface area contributed by atoms with Gasteiger partial charge in [-0.3, -0.25) is 0 Å². The number of aromatic nitrogens is 3. The fourth-order valence-electron chi connectivity index (χ4n) is 2.91. The molecular weight excluding hydrogens is 224 g/mol. The van der Waals surface area contributed by atoms with E-state index >= 15 is 0 Å². The Hall–Kier alpha value is -0.900. The third kappa shape index (κ3) is 2.58. The van der Waals surface area contributed by atoms with Gasteiger partial charge >= 0.3 is 0 Å². The van der Waals surface area contributed by atoms with Crippen molar-refractivity contribution in [1.82, 2.24) is 14.8 Å². The molecule has 1 aliphatic carbocycles. The Labute approximate surface area is 110 Å². The summed E-state index contributed by atoms with van der Waals surface area (Å²) in [5.74, 6) is 2.47. The largest absolute Gasteiger partial charge is 0.321 e. The molecule has 1 saturated carbocycles. The third-order valence-corrected chi connectivity index (χ3v) is 4.39. The molecule has 0 spiro atoms. The first-order chi connectivity index (χ1) is 8.65. The average molecular weight is 250 g/mol. The van der Waals surface area contributed by atoms with Gasteiger partial charge in [-0.1, -0.05) is 39.5 Å². The van der Waals surface area contributed by atoms with Gasteiger partial charge in [0, 0.05) is 6.04 Å². The Morgan fingerprint density at radius 1 is 1.28 bits per heavy atom.